The monoisotopic (exact) mass is 296 g/mol. The lowest BCUT2D eigenvalue weighted by atomic mass is 10.5. The molecule has 1 aliphatic heterocycles. The molecule has 0 fully saturated rings. The van der Waals surface area contributed by atoms with E-state index in [4.69, 9.17) is 0 Å². The van der Waals surface area contributed by atoms with Gasteiger partial charge in [0.2, 0.25) is 5.95 Å². The lowest BCUT2D eigenvalue weighted by Gasteiger charge is -2.04. The van der Waals surface area contributed by atoms with Crippen molar-refractivity contribution in [2.45, 2.75) is 0 Å². The topological polar surface area (TPSA) is 58.0 Å². The standard InChI is InChI=1S/C10H13BrN6/c1-4-17-9(7(2)11)14-10(15-17)13-8-5-12-16(3)6-8/h4,6,12H,1-2,5H2,3H3,(H,13,15). The summed E-state index contributed by atoms with van der Waals surface area (Å²) in [4.78, 5) is 4.31. The second-order valence-electron chi connectivity index (χ2n) is 3.52. The smallest absolute Gasteiger partial charge is 0.247 e. The van der Waals surface area contributed by atoms with Crippen LogP contribution in [0.1, 0.15) is 5.82 Å². The minimum absolute atomic E-state index is 0.517. The van der Waals surface area contributed by atoms with Crippen LogP contribution in [0.5, 0.6) is 0 Å². The van der Waals surface area contributed by atoms with Crippen LogP contribution in [0.25, 0.3) is 10.7 Å². The summed E-state index contributed by atoms with van der Waals surface area (Å²) in [6.45, 7) is 8.17. The quantitative estimate of drug-likeness (QED) is 0.881. The predicted octanol–water partition coefficient (Wildman–Crippen LogP) is 1.45. The highest BCUT2D eigenvalue weighted by molar-refractivity contribution is 9.15. The van der Waals surface area contributed by atoms with Crippen LogP contribution in [-0.4, -0.2) is 33.4 Å². The molecule has 0 spiro atoms. The first-order valence-electron chi connectivity index (χ1n) is 4.98. The summed E-state index contributed by atoms with van der Waals surface area (Å²) in [5.74, 6) is 1.14. The second kappa shape index (κ2) is 4.72. The molecule has 7 heteroatoms. The molecule has 0 radical (unpaired) electrons. The number of halogens is 1. The van der Waals surface area contributed by atoms with Crippen LogP contribution in [0, 0.1) is 0 Å². The van der Waals surface area contributed by atoms with Gasteiger partial charge >= 0.3 is 0 Å². The molecule has 90 valence electrons. The van der Waals surface area contributed by atoms with Crippen molar-refractivity contribution in [1.82, 2.24) is 25.2 Å². The van der Waals surface area contributed by atoms with Crippen molar-refractivity contribution in [3.05, 3.63) is 30.9 Å². The van der Waals surface area contributed by atoms with Crippen molar-refractivity contribution in [1.29, 1.82) is 0 Å². The zero-order valence-corrected chi connectivity index (χ0v) is 11.0. The molecule has 0 amide bonds. The first kappa shape index (κ1) is 11.9. The van der Waals surface area contributed by atoms with E-state index in [9.17, 15) is 0 Å². The molecular weight excluding hydrogens is 284 g/mol. The summed E-state index contributed by atoms with van der Waals surface area (Å²) in [6.07, 6.45) is 3.52. The van der Waals surface area contributed by atoms with Gasteiger partial charge in [0, 0.05) is 19.4 Å². The summed E-state index contributed by atoms with van der Waals surface area (Å²) in [5, 5.41) is 9.23. The Morgan fingerprint density at radius 1 is 1.71 bits per heavy atom. The molecule has 0 unspecified atom stereocenters. The second-order valence-corrected chi connectivity index (χ2v) is 4.47. The van der Waals surface area contributed by atoms with E-state index in [2.05, 4.69) is 49.9 Å². The SMILES string of the molecule is C=Cn1nc(NC2=CN(C)NC2)nc1C(=C)Br. The Bertz CT molecular complexity index is 489. The van der Waals surface area contributed by atoms with Gasteiger partial charge in [-0.25, -0.2) is 10.1 Å². The van der Waals surface area contributed by atoms with Gasteiger partial charge in [-0.15, -0.1) is 5.10 Å². The number of hydrogen-bond donors (Lipinski definition) is 2. The fourth-order valence-electron chi connectivity index (χ4n) is 1.44. The molecule has 1 aliphatic rings. The van der Waals surface area contributed by atoms with Gasteiger partial charge in [0.1, 0.15) is 0 Å². The first-order chi connectivity index (χ1) is 8.10. The lowest BCUT2D eigenvalue weighted by molar-refractivity contribution is 0.374. The number of anilines is 1. The Balaban J connectivity index is 2.20. The predicted molar refractivity (Wildman–Crippen MR) is 71.8 cm³/mol. The Labute approximate surface area is 108 Å². The average Bonchev–Trinajstić information content (AvgIpc) is 2.85. The fraction of sp³-hybridized carbons (Fsp3) is 0.200. The minimum Gasteiger partial charge on any atom is -0.324 e. The molecule has 0 atom stereocenters. The van der Waals surface area contributed by atoms with Crippen molar-refractivity contribution >= 4 is 32.6 Å². The largest absolute Gasteiger partial charge is 0.324 e. The van der Waals surface area contributed by atoms with Crippen molar-refractivity contribution in [3.8, 4) is 0 Å². The zero-order valence-electron chi connectivity index (χ0n) is 9.44. The number of aromatic nitrogens is 3. The lowest BCUT2D eigenvalue weighted by Crippen LogP contribution is -2.24. The van der Waals surface area contributed by atoms with Gasteiger partial charge in [0.15, 0.2) is 5.82 Å². The van der Waals surface area contributed by atoms with E-state index < -0.39 is 0 Å². The highest BCUT2D eigenvalue weighted by atomic mass is 79.9. The molecule has 2 rings (SSSR count). The summed E-state index contributed by atoms with van der Waals surface area (Å²) in [6, 6.07) is 0. The molecule has 0 bridgehead atoms. The molecule has 2 N–H and O–H groups in total. The molecular formula is C10H13BrN6. The number of nitrogens with one attached hydrogen (secondary N) is 2. The number of hydrazine groups is 1. The molecule has 1 aromatic rings. The Hall–Kier alpha value is -1.60. The first-order valence-corrected chi connectivity index (χ1v) is 5.77. The van der Waals surface area contributed by atoms with Crippen LogP contribution in [0.2, 0.25) is 0 Å². The highest BCUT2D eigenvalue weighted by Gasteiger charge is 2.13. The third kappa shape index (κ3) is 2.56. The van der Waals surface area contributed by atoms with E-state index >= 15 is 0 Å². The number of nitrogens with zero attached hydrogens (tertiary/aromatic N) is 4. The molecule has 0 aliphatic carbocycles. The van der Waals surface area contributed by atoms with Gasteiger partial charge in [-0.3, -0.25) is 0 Å². The Morgan fingerprint density at radius 2 is 2.47 bits per heavy atom. The number of rotatable bonds is 4. The minimum atomic E-state index is 0.517. The molecule has 0 saturated heterocycles. The molecule has 2 heterocycles. The third-order valence-corrected chi connectivity index (χ3v) is 2.54. The van der Waals surface area contributed by atoms with Gasteiger partial charge in [-0.1, -0.05) is 13.2 Å². The molecule has 0 saturated carbocycles. The summed E-state index contributed by atoms with van der Waals surface area (Å²) in [7, 11) is 1.93. The van der Waals surface area contributed by atoms with Crippen molar-refractivity contribution in [3.63, 3.8) is 0 Å². The molecule has 17 heavy (non-hydrogen) atoms. The van der Waals surface area contributed by atoms with Gasteiger partial charge < -0.3 is 10.3 Å². The summed E-state index contributed by atoms with van der Waals surface area (Å²) in [5.41, 5.74) is 4.12. The van der Waals surface area contributed by atoms with Crippen molar-refractivity contribution < 1.29 is 0 Å². The maximum absolute atomic E-state index is 4.31. The van der Waals surface area contributed by atoms with Crippen LogP contribution in [-0.2, 0) is 0 Å². The van der Waals surface area contributed by atoms with E-state index in [1.54, 1.807) is 10.9 Å². The molecule has 1 aromatic heterocycles. The average molecular weight is 297 g/mol. The third-order valence-electron chi connectivity index (χ3n) is 2.19. The van der Waals surface area contributed by atoms with E-state index in [-0.39, 0.29) is 0 Å². The van der Waals surface area contributed by atoms with Crippen LogP contribution >= 0.6 is 15.9 Å². The Morgan fingerprint density at radius 3 is 2.94 bits per heavy atom. The number of hydrogen-bond acceptors (Lipinski definition) is 5. The summed E-state index contributed by atoms with van der Waals surface area (Å²) >= 11 is 3.28. The van der Waals surface area contributed by atoms with Gasteiger partial charge in [-0.05, 0) is 15.9 Å². The maximum atomic E-state index is 4.31. The molecule has 6 nitrogen and oxygen atoms in total. The zero-order chi connectivity index (χ0) is 12.4. The van der Waals surface area contributed by atoms with Crippen LogP contribution in [0.15, 0.2) is 25.1 Å². The van der Waals surface area contributed by atoms with Gasteiger partial charge in [0.25, 0.3) is 0 Å². The van der Waals surface area contributed by atoms with Gasteiger partial charge in [-0.2, -0.15) is 4.98 Å². The Kier molecular flexibility index (Phi) is 3.30. The van der Waals surface area contributed by atoms with Crippen molar-refractivity contribution in [2.75, 3.05) is 18.9 Å². The van der Waals surface area contributed by atoms with E-state index in [1.165, 1.54) is 0 Å². The van der Waals surface area contributed by atoms with Crippen LogP contribution < -0.4 is 10.7 Å². The van der Waals surface area contributed by atoms with Crippen LogP contribution in [0.3, 0.4) is 0 Å². The summed E-state index contributed by atoms with van der Waals surface area (Å²) < 4.78 is 2.22. The normalized spacial score (nSPS) is 14.7. The van der Waals surface area contributed by atoms with Crippen LogP contribution in [0.4, 0.5) is 5.95 Å². The van der Waals surface area contributed by atoms with E-state index in [0.717, 1.165) is 12.2 Å². The van der Waals surface area contributed by atoms with E-state index in [1.807, 2.05) is 18.3 Å². The molecule has 0 aromatic carbocycles. The van der Waals surface area contributed by atoms with Gasteiger partial charge in [0.05, 0.1) is 16.7 Å². The van der Waals surface area contributed by atoms with Crippen molar-refractivity contribution in [2.24, 2.45) is 0 Å². The van der Waals surface area contributed by atoms with E-state index in [0.29, 0.717) is 16.3 Å². The fourth-order valence-corrected chi connectivity index (χ4v) is 1.71. The highest BCUT2D eigenvalue weighted by Crippen LogP contribution is 2.19. The maximum Gasteiger partial charge on any atom is 0.247 e.